The summed E-state index contributed by atoms with van der Waals surface area (Å²) in [4.78, 5) is 24.0. The summed E-state index contributed by atoms with van der Waals surface area (Å²) in [5, 5.41) is 11.7. The summed E-state index contributed by atoms with van der Waals surface area (Å²) in [6.07, 6.45) is -0.381. The fourth-order valence-electron chi connectivity index (χ4n) is 2.08. The molecule has 2 rings (SSSR count). The van der Waals surface area contributed by atoms with Gasteiger partial charge >= 0.3 is 6.09 Å². The first-order chi connectivity index (χ1) is 8.11. The molecule has 0 saturated heterocycles. The van der Waals surface area contributed by atoms with Crippen LogP contribution in [0.2, 0.25) is 0 Å². The minimum absolute atomic E-state index is 0.264. The minimum atomic E-state index is -1.11. The first-order valence-electron chi connectivity index (χ1n) is 5.42. The van der Waals surface area contributed by atoms with Gasteiger partial charge in [0.25, 0.3) is 0 Å². The third-order valence-corrected chi connectivity index (χ3v) is 2.98. The van der Waals surface area contributed by atoms with Crippen LogP contribution in [0.4, 0.5) is 4.79 Å². The van der Waals surface area contributed by atoms with E-state index in [4.69, 9.17) is 5.11 Å². The number of nitrogens with zero attached hydrogens (tertiary/aromatic N) is 1. The van der Waals surface area contributed by atoms with Crippen LogP contribution >= 0.6 is 0 Å². The van der Waals surface area contributed by atoms with Crippen molar-refractivity contribution < 1.29 is 14.7 Å². The smallest absolute Gasteiger partial charge is 0.407 e. The quantitative estimate of drug-likeness (QED) is 0.762. The van der Waals surface area contributed by atoms with Gasteiger partial charge in [-0.25, -0.2) is 4.79 Å². The number of hydrogen-bond donors (Lipinski definition) is 2. The van der Waals surface area contributed by atoms with Gasteiger partial charge in [0.15, 0.2) is 0 Å². The molecule has 0 aliphatic carbocycles. The molecule has 0 unspecified atom stereocenters. The average molecular weight is 234 g/mol. The van der Waals surface area contributed by atoms with Gasteiger partial charge in [-0.3, -0.25) is 9.69 Å². The highest BCUT2D eigenvalue weighted by atomic mass is 16.4. The second-order valence-electron chi connectivity index (χ2n) is 4.04. The van der Waals surface area contributed by atoms with Crippen molar-refractivity contribution in [2.24, 2.45) is 0 Å². The molecule has 1 aromatic carbocycles. The highest BCUT2D eigenvalue weighted by Gasteiger charge is 2.31. The number of carbonyl (C=O) groups is 2. The summed E-state index contributed by atoms with van der Waals surface area (Å²) in [6, 6.07) is 6.70. The van der Waals surface area contributed by atoms with E-state index >= 15 is 0 Å². The summed E-state index contributed by atoms with van der Waals surface area (Å²) >= 11 is 0. The van der Waals surface area contributed by atoms with E-state index in [1.807, 2.05) is 24.3 Å². The van der Waals surface area contributed by atoms with Crippen LogP contribution in [0.3, 0.4) is 0 Å². The van der Waals surface area contributed by atoms with Crippen molar-refractivity contribution >= 4 is 12.0 Å². The van der Waals surface area contributed by atoms with Gasteiger partial charge in [-0.15, -0.1) is 0 Å². The van der Waals surface area contributed by atoms with E-state index in [1.54, 1.807) is 0 Å². The zero-order valence-corrected chi connectivity index (χ0v) is 9.51. The molecule has 0 radical (unpaired) electrons. The Kier molecular flexibility index (Phi) is 2.99. The molecule has 0 saturated carbocycles. The van der Waals surface area contributed by atoms with Crippen LogP contribution in [-0.4, -0.2) is 35.6 Å². The molecule has 0 fully saturated rings. The van der Waals surface area contributed by atoms with E-state index in [1.165, 1.54) is 7.05 Å². The van der Waals surface area contributed by atoms with E-state index in [0.717, 1.165) is 22.4 Å². The van der Waals surface area contributed by atoms with E-state index in [9.17, 15) is 9.59 Å². The Bertz CT molecular complexity index is 459. The zero-order valence-electron chi connectivity index (χ0n) is 9.51. The molecular weight excluding hydrogens is 220 g/mol. The highest BCUT2D eigenvalue weighted by molar-refractivity contribution is 5.87. The summed E-state index contributed by atoms with van der Waals surface area (Å²) in [6.45, 7) is 0.541. The van der Waals surface area contributed by atoms with Crippen molar-refractivity contribution in [1.29, 1.82) is 0 Å². The normalized spacial score (nSPS) is 18.9. The lowest BCUT2D eigenvalue weighted by Crippen LogP contribution is -2.40. The van der Waals surface area contributed by atoms with Crippen LogP contribution in [0.5, 0.6) is 0 Å². The summed E-state index contributed by atoms with van der Waals surface area (Å²) in [7, 11) is 1.41. The number of nitrogens with one attached hydrogen (secondary N) is 1. The molecule has 2 N–H and O–H groups in total. The Morgan fingerprint density at radius 3 is 2.88 bits per heavy atom. The van der Waals surface area contributed by atoms with Gasteiger partial charge in [0.05, 0.1) is 0 Å². The molecule has 1 heterocycles. The standard InChI is InChI=1S/C12H14N2O3/c1-14(12(16)17)10-9-5-3-2-4-8(9)6-7-13-11(10)15/h2-5,10H,6-7H2,1H3,(H,13,15)(H,16,17)/t10-/m0/s1. The van der Waals surface area contributed by atoms with E-state index < -0.39 is 12.1 Å². The van der Waals surface area contributed by atoms with E-state index in [2.05, 4.69) is 5.32 Å². The first kappa shape index (κ1) is 11.4. The predicted molar refractivity (Wildman–Crippen MR) is 61.7 cm³/mol. The molecule has 0 bridgehead atoms. The van der Waals surface area contributed by atoms with Crippen molar-refractivity contribution in [3.63, 3.8) is 0 Å². The predicted octanol–water partition coefficient (Wildman–Crippen LogP) is 1.01. The van der Waals surface area contributed by atoms with Crippen LogP contribution < -0.4 is 5.32 Å². The van der Waals surface area contributed by atoms with E-state index in [-0.39, 0.29) is 5.91 Å². The maximum absolute atomic E-state index is 11.9. The zero-order chi connectivity index (χ0) is 12.4. The summed E-state index contributed by atoms with van der Waals surface area (Å²) < 4.78 is 0. The van der Waals surface area contributed by atoms with Gasteiger partial charge < -0.3 is 10.4 Å². The molecule has 2 amide bonds. The van der Waals surface area contributed by atoms with Crippen LogP contribution in [-0.2, 0) is 11.2 Å². The van der Waals surface area contributed by atoms with Gasteiger partial charge in [-0.2, -0.15) is 0 Å². The van der Waals surface area contributed by atoms with Crippen molar-refractivity contribution in [3.8, 4) is 0 Å². The van der Waals surface area contributed by atoms with Crippen LogP contribution in [0.25, 0.3) is 0 Å². The number of fused-ring (bicyclic) bond motifs is 1. The topological polar surface area (TPSA) is 69.6 Å². The number of hydrogen-bond acceptors (Lipinski definition) is 2. The lowest BCUT2D eigenvalue weighted by atomic mass is 9.98. The summed E-state index contributed by atoms with van der Waals surface area (Å²) in [5.41, 5.74) is 1.79. The Morgan fingerprint density at radius 1 is 1.47 bits per heavy atom. The second-order valence-corrected chi connectivity index (χ2v) is 4.04. The lowest BCUT2D eigenvalue weighted by Gasteiger charge is -2.24. The Labute approximate surface area is 99.0 Å². The van der Waals surface area contributed by atoms with Crippen LogP contribution in [0, 0.1) is 0 Å². The van der Waals surface area contributed by atoms with Gasteiger partial charge in [-0.1, -0.05) is 24.3 Å². The number of carbonyl (C=O) groups excluding carboxylic acids is 1. The molecular formula is C12H14N2O3. The number of amides is 2. The molecule has 1 aliphatic heterocycles. The van der Waals surface area contributed by atoms with Gasteiger partial charge in [0, 0.05) is 13.6 Å². The van der Waals surface area contributed by atoms with E-state index in [0.29, 0.717) is 6.54 Å². The molecule has 5 heteroatoms. The Hall–Kier alpha value is -2.04. The molecule has 17 heavy (non-hydrogen) atoms. The molecule has 1 aliphatic rings. The minimum Gasteiger partial charge on any atom is -0.465 e. The number of rotatable bonds is 1. The Morgan fingerprint density at radius 2 is 2.18 bits per heavy atom. The molecule has 0 aromatic heterocycles. The fraction of sp³-hybridized carbons (Fsp3) is 0.333. The van der Waals surface area contributed by atoms with Crippen molar-refractivity contribution in [1.82, 2.24) is 10.2 Å². The fourth-order valence-corrected chi connectivity index (χ4v) is 2.08. The number of benzene rings is 1. The van der Waals surface area contributed by atoms with Crippen molar-refractivity contribution in [2.75, 3.05) is 13.6 Å². The van der Waals surface area contributed by atoms with Crippen LogP contribution in [0.1, 0.15) is 17.2 Å². The van der Waals surface area contributed by atoms with Gasteiger partial charge in [-0.05, 0) is 17.5 Å². The largest absolute Gasteiger partial charge is 0.465 e. The van der Waals surface area contributed by atoms with Crippen LogP contribution in [0.15, 0.2) is 24.3 Å². The SMILES string of the molecule is CN(C(=O)O)[C@@H]1C(=O)NCCc2ccccc21. The third kappa shape index (κ3) is 2.08. The van der Waals surface area contributed by atoms with Gasteiger partial charge in [0.2, 0.25) is 5.91 Å². The maximum Gasteiger partial charge on any atom is 0.407 e. The van der Waals surface area contributed by atoms with Crippen molar-refractivity contribution in [3.05, 3.63) is 35.4 Å². The molecule has 5 nitrogen and oxygen atoms in total. The number of carboxylic acid groups (broad SMARTS) is 1. The molecule has 1 aromatic rings. The van der Waals surface area contributed by atoms with Gasteiger partial charge in [0.1, 0.15) is 6.04 Å². The molecule has 1 atom stereocenters. The monoisotopic (exact) mass is 234 g/mol. The number of likely N-dealkylation sites (N-methyl/N-ethyl adjacent to an activating group) is 1. The highest BCUT2D eigenvalue weighted by Crippen LogP contribution is 2.25. The Balaban J connectivity index is 2.47. The molecule has 90 valence electrons. The third-order valence-electron chi connectivity index (χ3n) is 2.98. The maximum atomic E-state index is 11.9. The second kappa shape index (κ2) is 4.45. The summed E-state index contributed by atoms with van der Waals surface area (Å²) in [5.74, 6) is -0.264. The lowest BCUT2D eigenvalue weighted by molar-refractivity contribution is -0.125. The van der Waals surface area contributed by atoms with Crippen molar-refractivity contribution in [2.45, 2.75) is 12.5 Å². The first-order valence-corrected chi connectivity index (χ1v) is 5.42. The average Bonchev–Trinajstić information content (AvgIpc) is 2.46. The molecule has 0 spiro atoms.